The van der Waals surface area contributed by atoms with Crippen LogP contribution in [0.5, 0.6) is 0 Å². The van der Waals surface area contributed by atoms with Gasteiger partial charge in [0.2, 0.25) is 11.5 Å². The lowest BCUT2D eigenvalue weighted by atomic mass is 10.3. The lowest BCUT2D eigenvalue weighted by Crippen LogP contribution is -2.31. The van der Waals surface area contributed by atoms with E-state index in [-0.39, 0.29) is 5.78 Å². The lowest BCUT2D eigenvalue weighted by molar-refractivity contribution is -0.678. The van der Waals surface area contributed by atoms with Gasteiger partial charge < -0.3 is 0 Å². The number of nitrogens with zero attached hydrogens (tertiary/aromatic N) is 5. The first kappa shape index (κ1) is 16.6. The maximum atomic E-state index is 11.0. The molecule has 0 saturated heterocycles. The van der Waals surface area contributed by atoms with E-state index in [2.05, 4.69) is 6.07 Å². The number of imidazole rings is 2. The molecule has 2 aromatic rings. The smallest absolute Gasteiger partial charge is 0.270 e. The first-order valence-corrected chi connectivity index (χ1v) is 6.69. The largest absolute Gasteiger partial charge is 0.290 e. The van der Waals surface area contributed by atoms with E-state index in [4.69, 9.17) is 5.26 Å². The molecule has 21 heavy (non-hydrogen) atoms. The van der Waals surface area contributed by atoms with Gasteiger partial charge in [0.1, 0.15) is 25.0 Å². The molecule has 2 aromatic heterocycles. The molecule has 0 amide bonds. The molecule has 0 atom stereocenters. The summed E-state index contributed by atoms with van der Waals surface area (Å²) in [6.07, 6.45) is 6.19. The lowest BCUT2D eigenvalue weighted by Gasteiger charge is -1.89. The van der Waals surface area contributed by atoms with E-state index in [0.29, 0.717) is 6.42 Å². The van der Waals surface area contributed by atoms with Crippen LogP contribution in [0.4, 0.5) is 0 Å². The fourth-order valence-electron chi connectivity index (χ4n) is 2.04. The molecule has 0 aliphatic carbocycles. The average molecular weight is 289 g/mol. The van der Waals surface area contributed by atoms with Crippen molar-refractivity contribution in [2.45, 2.75) is 20.3 Å². The van der Waals surface area contributed by atoms with Gasteiger partial charge in [-0.3, -0.25) is 4.79 Å². The van der Waals surface area contributed by atoms with Gasteiger partial charge in [-0.25, -0.2) is 18.3 Å². The van der Waals surface area contributed by atoms with Crippen molar-refractivity contribution in [1.29, 1.82) is 5.26 Å². The van der Waals surface area contributed by atoms with Crippen molar-refractivity contribution < 1.29 is 13.9 Å². The summed E-state index contributed by atoms with van der Waals surface area (Å²) in [6.45, 7) is 3.56. The number of hydrogen-bond acceptors (Lipinski definition) is 2. The second-order valence-electron chi connectivity index (χ2n) is 5.06. The first-order chi connectivity index (χ1) is 9.79. The van der Waals surface area contributed by atoms with Crippen molar-refractivity contribution in [3.63, 3.8) is 0 Å². The number of nitriles is 1. The molecule has 0 aliphatic heterocycles. The van der Waals surface area contributed by atoms with Crippen LogP contribution in [0.2, 0.25) is 0 Å². The van der Waals surface area contributed by atoms with Crippen LogP contribution < -0.4 is 9.13 Å². The molecule has 2 rings (SSSR count). The Morgan fingerprint density at radius 2 is 1.95 bits per heavy atom. The third-order valence-electron chi connectivity index (χ3n) is 3.60. The highest BCUT2D eigenvalue weighted by molar-refractivity contribution is 5.91. The van der Waals surface area contributed by atoms with Crippen LogP contribution >= 0.6 is 0 Å². The Morgan fingerprint density at radius 1 is 1.33 bits per heavy atom. The molecule has 0 unspecified atom stereocenters. The zero-order chi connectivity index (χ0) is 16.2. The highest BCUT2D eigenvalue weighted by Gasteiger charge is 2.16. The minimum atomic E-state index is 0.108. The number of aryl methyl sites for hydroxylation is 3. The highest BCUT2D eigenvalue weighted by atomic mass is 16.1. The standard InChI is InChI=1S/C8H13N2O.C7H10N3/c1-6(11)8-5-9(3)7(2)10(8)4;1-9-5-6-10(2)7(9)3-4-8/h5H,1-4H3;5-6H,3H2,1-2H3/q2*+1. The average Bonchev–Trinajstić information content (AvgIpc) is 2.88. The van der Waals surface area contributed by atoms with E-state index >= 15 is 0 Å². The van der Waals surface area contributed by atoms with Gasteiger partial charge in [0, 0.05) is 13.8 Å². The number of hydrogen-bond donors (Lipinski definition) is 0. The predicted octanol–water partition coefficient (Wildman–Crippen LogP) is 0.276. The van der Waals surface area contributed by atoms with Crippen molar-refractivity contribution in [2.24, 2.45) is 28.2 Å². The van der Waals surface area contributed by atoms with Crippen LogP contribution in [0.1, 0.15) is 29.1 Å². The normalized spacial score (nSPS) is 9.76. The topological polar surface area (TPSA) is 58.5 Å². The Kier molecular flexibility index (Phi) is 5.42. The van der Waals surface area contributed by atoms with E-state index in [0.717, 1.165) is 17.3 Å². The van der Waals surface area contributed by atoms with Gasteiger partial charge in [0.15, 0.2) is 0 Å². The van der Waals surface area contributed by atoms with E-state index in [1.807, 2.05) is 72.0 Å². The minimum absolute atomic E-state index is 0.108. The van der Waals surface area contributed by atoms with Crippen molar-refractivity contribution in [3.05, 3.63) is 35.9 Å². The molecule has 0 saturated carbocycles. The van der Waals surface area contributed by atoms with Crippen LogP contribution in [-0.4, -0.2) is 14.9 Å². The first-order valence-electron chi connectivity index (χ1n) is 6.69. The van der Waals surface area contributed by atoms with Gasteiger partial charge in [-0.15, -0.1) is 0 Å². The summed E-state index contributed by atoms with van der Waals surface area (Å²) in [5, 5.41) is 8.41. The molecule has 0 aliphatic rings. The second-order valence-corrected chi connectivity index (χ2v) is 5.06. The molecule has 0 N–H and O–H groups in total. The Hall–Kier alpha value is -2.42. The molecule has 0 fully saturated rings. The SMILES string of the molecule is CC(=O)c1c[n+](C)c(C)n1C.Cn1cc[n+](C)c1CC#N. The maximum Gasteiger partial charge on any atom is 0.270 e. The summed E-state index contributed by atoms with van der Waals surface area (Å²) in [6, 6.07) is 2.11. The van der Waals surface area contributed by atoms with Gasteiger partial charge in [-0.2, -0.15) is 5.26 Å². The van der Waals surface area contributed by atoms with Crippen LogP contribution in [0.25, 0.3) is 0 Å². The molecule has 6 heteroatoms. The molecule has 112 valence electrons. The van der Waals surface area contributed by atoms with Crippen molar-refractivity contribution in [1.82, 2.24) is 9.13 Å². The van der Waals surface area contributed by atoms with Crippen molar-refractivity contribution in [3.8, 4) is 6.07 Å². The fraction of sp³-hybridized carbons (Fsp3) is 0.467. The van der Waals surface area contributed by atoms with E-state index < -0.39 is 0 Å². The molecule has 0 aromatic carbocycles. The molecule has 0 spiro atoms. The Balaban J connectivity index is 0.000000211. The number of carbonyl (C=O) groups is 1. The number of aromatic nitrogens is 4. The number of Topliss-reactive ketones (excluding diaryl/α,β-unsaturated/α-hetero) is 1. The second kappa shape index (κ2) is 6.84. The van der Waals surface area contributed by atoms with Crippen LogP contribution in [0, 0.1) is 18.3 Å². The molecule has 2 heterocycles. The summed E-state index contributed by atoms with van der Waals surface area (Å²) in [5.74, 6) is 2.22. The summed E-state index contributed by atoms with van der Waals surface area (Å²) in [4.78, 5) is 11.0. The molecular weight excluding hydrogens is 266 g/mol. The molecule has 0 bridgehead atoms. The number of carbonyl (C=O) groups excluding carboxylic acids is 1. The molecular formula is C15H23N5O+2. The van der Waals surface area contributed by atoms with Crippen LogP contribution in [-0.2, 0) is 34.6 Å². The Bertz CT molecular complexity index is 668. The van der Waals surface area contributed by atoms with Crippen LogP contribution in [0.15, 0.2) is 18.6 Å². The van der Waals surface area contributed by atoms with Crippen molar-refractivity contribution in [2.75, 3.05) is 0 Å². The van der Waals surface area contributed by atoms with Crippen LogP contribution in [0.3, 0.4) is 0 Å². The number of rotatable bonds is 2. The summed E-state index contributed by atoms with van der Waals surface area (Å²) < 4.78 is 7.73. The summed E-state index contributed by atoms with van der Waals surface area (Å²) >= 11 is 0. The zero-order valence-corrected chi connectivity index (χ0v) is 13.6. The zero-order valence-electron chi connectivity index (χ0n) is 13.6. The summed E-state index contributed by atoms with van der Waals surface area (Å²) in [5.41, 5.74) is 0.755. The van der Waals surface area contributed by atoms with E-state index in [1.165, 1.54) is 0 Å². The molecule has 0 radical (unpaired) electrons. The highest BCUT2D eigenvalue weighted by Crippen LogP contribution is 1.99. The molecule has 6 nitrogen and oxygen atoms in total. The monoisotopic (exact) mass is 289 g/mol. The van der Waals surface area contributed by atoms with Gasteiger partial charge >= 0.3 is 0 Å². The summed E-state index contributed by atoms with van der Waals surface area (Å²) in [7, 11) is 7.70. The third-order valence-corrected chi connectivity index (χ3v) is 3.60. The van der Waals surface area contributed by atoms with Gasteiger partial charge in [-0.05, 0) is 0 Å². The van der Waals surface area contributed by atoms with Crippen molar-refractivity contribution >= 4 is 5.78 Å². The van der Waals surface area contributed by atoms with Gasteiger partial charge in [0.25, 0.3) is 11.6 Å². The quantitative estimate of drug-likeness (QED) is 0.589. The number of ketones is 1. The van der Waals surface area contributed by atoms with Gasteiger partial charge in [-0.1, -0.05) is 0 Å². The van der Waals surface area contributed by atoms with Gasteiger partial charge in [0.05, 0.1) is 34.3 Å². The van der Waals surface area contributed by atoms with E-state index in [9.17, 15) is 4.79 Å². The fourth-order valence-corrected chi connectivity index (χ4v) is 2.04. The maximum absolute atomic E-state index is 11.0. The third kappa shape index (κ3) is 3.78. The van der Waals surface area contributed by atoms with E-state index in [1.54, 1.807) is 6.92 Å². The minimum Gasteiger partial charge on any atom is -0.290 e. The Labute approximate surface area is 125 Å². The Morgan fingerprint density at radius 3 is 2.24 bits per heavy atom. The predicted molar refractivity (Wildman–Crippen MR) is 77.2 cm³/mol.